The minimum absolute atomic E-state index is 0.0759. The van der Waals surface area contributed by atoms with Crippen molar-refractivity contribution in [3.05, 3.63) is 35.6 Å². The number of benzene rings is 1. The van der Waals surface area contributed by atoms with Crippen LogP contribution in [-0.2, 0) is 11.3 Å². The van der Waals surface area contributed by atoms with Crippen molar-refractivity contribution in [1.29, 1.82) is 0 Å². The summed E-state index contributed by atoms with van der Waals surface area (Å²) in [6.07, 6.45) is 0.673. The Balaban J connectivity index is 2.56. The Kier molecular flexibility index (Phi) is 5.28. The molecular formula is C14H21FN2O. The summed E-state index contributed by atoms with van der Waals surface area (Å²) in [7, 11) is 1.71. The van der Waals surface area contributed by atoms with Crippen LogP contribution in [0.4, 0.5) is 4.39 Å². The van der Waals surface area contributed by atoms with Gasteiger partial charge < -0.3 is 10.6 Å². The van der Waals surface area contributed by atoms with E-state index in [2.05, 4.69) is 0 Å². The van der Waals surface area contributed by atoms with E-state index >= 15 is 0 Å². The predicted octanol–water partition coefficient (Wildman–Crippen LogP) is 2.16. The summed E-state index contributed by atoms with van der Waals surface area (Å²) in [4.78, 5) is 13.6. The van der Waals surface area contributed by atoms with Gasteiger partial charge in [-0.15, -0.1) is 0 Å². The van der Waals surface area contributed by atoms with Crippen molar-refractivity contribution < 1.29 is 9.18 Å². The molecule has 100 valence electrons. The minimum Gasteiger partial charge on any atom is -0.340 e. The maximum absolute atomic E-state index is 12.8. The Labute approximate surface area is 108 Å². The fraction of sp³-hybridized carbons (Fsp3) is 0.500. The Morgan fingerprint density at radius 3 is 2.39 bits per heavy atom. The molecule has 0 aromatic heterocycles. The Morgan fingerprint density at radius 1 is 1.33 bits per heavy atom. The van der Waals surface area contributed by atoms with Gasteiger partial charge in [0.1, 0.15) is 5.82 Å². The van der Waals surface area contributed by atoms with Gasteiger partial charge >= 0.3 is 0 Å². The van der Waals surface area contributed by atoms with Gasteiger partial charge in [0.2, 0.25) is 5.91 Å². The molecule has 0 saturated heterocycles. The summed E-state index contributed by atoms with van der Waals surface area (Å²) < 4.78 is 12.8. The molecule has 0 bridgehead atoms. The molecule has 0 unspecified atom stereocenters. The molecule has 0 saturated carbocycles. The molecule has 1 rings (SSSR count). The molecule has 0 aliphatic rings. The first kappa shape index (κ1) is 14.6. The Hall–Kier alpha value is -1.42. The van der Waals surface area contributed by atoms with E-state index in [0.717, 1.165) is 5.56 Å². The van der Waals surface area contributed by atoms with Crippen molar-refractivity contribution >= 4 is 5.91 Å². The maximum Gasteiger partial charge on any atom is 0.239 e. The molecule has 4 heteroatoms. The molecular weight excluding hydrogens is 231 g/mol. The molecule has 2 N–H and O–H groups in total. The minimum atomic E-state index is -0.463. The highest BCUT2D eigenvalue weighted by atomic mass is 19.1. The van der Waals surface area contributed by atoms with Crippen molar-refractivity contribution in [2.75, 3.05) is 7.05 Å². The number of nitrogens with zero attached hydrogens (tertiary/aromatic N) is 1. The summed E-state index contributed by atoms with van der Waals surface area (Å²) in [5.41, 5.74) is 6.74. The lowest BCUT2D eigenvalue weighted by atomic mass is 10.0. The number of amides is 1. The van der Waals surface area contributed by atoms with Crippen molar-refractivity contribution in [1.82, 2.24) is 4.90 Å². The standard InChI is InChI=1S/C14H21FN2O/c1-10(2)8-13(16)14(18)17(3)9-11-4-6-12(15)7-5-11/h4-7,10,13H,8-9,16H2,1-3H3/t13-/m0/s1. The van der Waals surface area contributed by atoms with Crippen LogP contribution in [0.1, 0.15) is 25.8 Å². The average Bonchev–Trinajstić information content (AvgIpc) is 2.30. The third kappa shape index (κ3) is 4.45. The molecule has 0 heterocycles. The molecule has 1 atom stereocenters. The smallest absolute Gasteiger partial charge is 0.239 e. The SMILES string of the molecule is CC(C)C[C@H](N)C(=O)N(C)Cc1ccc(F)cc1. The van der Waals surface area contributed by atoms with Gasteiger partial charge in [-0.2, -0.15) is 0 Å². The summed E-state index contributed by atoms with van der Waals surface area (Å²) in [5.74, 6) is 0.0421. The maximum atomic E-state index is 12.8. The van der Waals surface area contributed by atoms with E-state index in [1.165, 1.54) is 12.1 Å². The van der Waals surface area contributed by atoms with E-state index < -0.39 is 6.04 Å². The Bertz CT molecular complexity index is 389. The zero-order chi connectivity index (χ0) is 13.7. The molecule has 0 spiro atoms. The third-order valence-electron chi connectivity index (χ3n) is 2.75. The van der Waals surface area contributed by atoms with E-state index in [1.807, 2.05) is 13.8 Å². The van der Waals surface area contributed by atoms with Crippen molar-refractivity contribution in [3.8, 4) is 0 Å². The number of hydrogen-bond acceptors (Lipinski definition) is 2. The van der Waals surface area contributed by atoms with Crippen LogP contribution >= 0.6 is 0 Å². The molecule has 0 radical (unpaired) electrons. The van der Waals surface area contributed by atoms with Crippen LogP contribution in [-0.4, -0.2) is 23.9 Å². The predicted molar refractivity (Wildman–Crippen MR) is 70.3 cm³/mol. The van der Waals surface area contributed by atoms with E-state index in [4.69, 9.17) is 5.73 Å². The highest BCUT2D eigenvalue weighted by Crippen LogP contribution is 2.09. The van der Waals surface area contributed by atoms with Gasteiger partial charge in [-0.3, -0.25) is 4.79 Å². The van der Waals surface area contributed by atoms with Gasteiger partial charge in [0.25, 0.3) is 0 Å². The lowest BCUT2D eigenvalue weighted by Crippen LogP contribution is -2.42. The van der Waals surface area contributed by atoms with E-state index in [9.17, 15) is 9.18 Å². The average molecular weight is 252 g/mol. The molecule has 0 fully saturated rings. The zero-order valence-electron chi connectivity index (χ0n) is 11.2. The third-order valence-corrected chi connectivity index (χ3v) is 2.75. The number of carbonyl (C=O) groups is 1. The molecule has 1 amide bonds. The van der Waals surface area contributed by atoms with Crippen molar-refractivity contribution in [2.45, 2.75) is 32.9 Å². The topological polar surface area (TPSA) is 46.3 Å². The number of nitrogens with two attached hydrogens (primary N) is 1. The number of rotatable bonds is 5. The van der Waals surface area contributed by atoms with Crippen LogP contribution in [0.25, 0.3) is 0 Å². The van der Waals surface area contributed by atoms with E-state index in [-0.39, 0.29) is 11.7 Å². The van der Waals surface area contributed by atoms with Gasteiger partial charge in [0.05, 0.1) is 6.04 Å². The van der Waals surface area contributed by atoms with Crippen LogP contribution in [0.5, 0.6) is 0 Å². The second-order valence-corrected chi connectivity index (χ2v) is 5.06. The molecule has 1 aromatic rings. The van der Waals surface area contributed by atoms with Gasteiger partial charge in [-0.25, -0.2) is 4.39 Å². The first-order valence-electron chi connectivity index (χ1n) is 6.15. The number of likely N-dealkylation sites (N-methyl/N-ethyl adjacent to an activating group) is 1. The summed E-state index contributed by atoms with van der Waals surface area (Å²) in [5, 5.41) is 0. The fourth-order valence-electron chi connectivity index (χ4n) is 1.83. The Morgan fingerprint density at radius 2 is 1.89 bits per heavy atom. The van der Waals surface area contributed by atoms with Gasteiger partial charge in [0.15, 0.2) is 0 Å². The lowest BCUT2D eigenvalue weighted by molar-refractivity contribution is -0.132. The number of hydrogen-bond donors (Lipinski definition) is 1. The van der Waals surface area contributed by atoms with Crippen LogP contribution in [0.2, 0.25) is 0 Å². The molecule has 0 aliphatic carbocycles. The van der Waals surface area contributed by atoms with Gasteiger partial charge in [0, 0.05) is 13.6 Å². The fourth-order valence-corrected chi connectivity index (χ4v) is 1.83. The summed E-state index contributed by atoms with van der Waals surface area (Å²) >= 11 is 0. The first-order valence-corrected chi connectivity index (χ1v) is 6.15. The van der Waals surface area contributed by atoms with E-state index in [0.29, 0.717) is 18.9 Å². The largest absolute Gasteiger partial charge is 0.340 e. The normalized spacial score (nSPS) is 12.6. The highest BCUT2D eigenvalue weighted by Gasteiger charge is 2.18. The highest BCUT2D eigenvalue weighted by molar-refractivity contribution is 5.81. The number of carbonyl (C=O) groups excluding carboxylic acids is 1. The zero-order valence-corrected chi connectivity index (χ0v) is 11.2. The molecule has 1 aromatic carbocycles. The quantitative estimate of drug-likeness (QED) is 0.873. The second-order valence-electron chi connectivity index (χ2n) is 5.06. The number of halogens is 1. The van der Waals surface area contributed by atoms with Crippen molar-refractivity contribution in [3.63, 3.8) is 0 Å². The molecule has 3 nitrogen and oxygen atoms in total. The summed E-state index contributed by atoms with van der Waals surface area (Å²) in [6.45, 7) is 4.52. The van der Waals surface area contributed by atoms with Crippen LogP contribution < -0.4 is 5.73 Å². The molecule has 18 heavy (non-hydrogen) atoms. The molecule has 0 aliphatic heterocycles. The van der Waals surface area contributed by atoms with Crippen LogP contribution in [0, 0.1) is 11.7 Å². The van der Waals surface area contributed by atoms with Gasteiger partial charge in [-0.05, 0) is 30.0 Å². The lowest BCUT2D eigenvalue weighted by Gasteiger charge is -2.22. The second kappa shape index (κ2) is 6.50. The summed E-state index contributed by atoms with van der Waals surface area (Å²) in [6, 6.07) is 5.67. The van der Waals surface area contributed by atoms with Crippen molar-refractivity contribution in [2.24, 2.45) is 11.7 Å². The van der Waals surface area contributed by atoms with Gasteiger partial charge in [-0.1, -0.05) is 26.0 Å². The monoisotopic (exact) mass is 252 g/mol. The first-order chi connectivity index (χ1) is 8.40. The van der Waals surface area contributed by atoms with Crippen LogP contribution in [0.15, 0.2) is 24.3 Å². The van der Waals surface area contributed by atoms with E-state index in [1.54, 1.807) is 24.1 Å². The van der Waals surface area contributed by atoms with Crippen LogP contribution in [0.3, 0.4) is 0 Å².